The summed E-state index contributed by atoms with van der Waals surface area (Å²) >= 11 is 6.48. The van der Waals surface area contributed by atoms with Gasteiger partial charge in [-0.1, -0.05) is 37.6 Å². The van der Waals surface area contributed by atoms with Crippen molar-refractivity contribution < 1.29 is 23.8 Å². The van der Waals surface area contributed by atoms with E-state index in [4.69, 9.17) is 25.8 Å². The van der Waals surface area contributed by atoms with Crippen molar-refractivity contribution in [2.45, 2.75) is 39.0 Å². The molecule has 0 fully saturated rings. The number of carbonyl (C=O) groups is 2. The first-order valence-corrected chi connectivity index (χ1v) is 11.2. The van der Waals surface area contributed by atoms with Gasteiger partial charge in [-0.15, -0.1) is 0 Å². The maximum Gasteiger partial charge on any atom is 0.232 e. The Hall–Kier alpha value is -2.99. The number of allylic oxidation sites excluding steroid dienone is 2. The van der Waals surface area contributed by atoms with Crippen LogP contribution >= 0.6 is 11.6 Å². The van der Waals surface area contributed by atoms with Gasteiger partial charge in [0.15, 0.2) is 17.3 Å². The number of methoxy groups -OCH3 is 3. The molecule has 0 aromatic heterocycles. The molecule has 0 N–H and O–H groups in total. The van der Waals surface area contributed by atoms with Crippen molar-refractivity contribution in [2.75, 3.05) is 26.2 Å². The summed E-state index contributed by atoms with van der Waals surface area (Å²) in [6.07, 6.45) is 1.10. The van der Waals surface area contributed by atoms with Crippen LogP contribution in [0.4, 0.5) is 5.69 Å². The van der Waals surface area contributed by atoms with Crippen molar-refractivity contribution in [3.05, 3.63) is 58.3 Å². The predicted molar refractivity (Wildman–Crippen MR) is 127 cm³/mol. The summed E-state index contributed by atoms with van der Waals surface area (Å²) in [5.74, 6) is 1.04. The van der Waals surface area contributed by atoms with E-state index in [1.165, 1.54) is 0 Å². The van der Waals surface area contributed by atoms with Crippen molar-refractivity contribution >= 4 is 29.0 Å². The highest BCUT2D eigenvalue weighted by Crippen LogP contribution is 2.51. The van der Waals surface area contributed by atoms with E-state index in [1.807, 2.05) is 32.0 Å². The minimum Gasteiger partial charge on any atom is -0.496 e. The maximum atomic E-state index is 13.6. The molecule has 1 aliphatic heterocycles. The normalized spacial score (nSPS) is 19.9. The number of halogens is 1. The number of nitrogens with zero attached hydrogens (tertiary/aromatic N) is 1. The number of ether oxygens (including phenoxy) is 3. The Labute approximate surface area is 199 Å². The summed E-state index contributed by atoms with van der Waals surface area (Å²) < 4.78 is 16.6. The molecule has 0 saturated carbocycles. The molecule has 6 nitrogen and oxygen atoms in total. The van der Waals surface area contributed by atoms with Crippen LogP contribution in [0.2, 0.25) is 5.02 Å². The summed E-state index contributed by atoms with van der Waals surface area (Å²) in [7, 11) is 4.67. The molecular formula is C26H28ClNO5. The molecule has 33 heavy (non-hydrogen) atoms. The lowest BCUT2D eigenvalue weighted by atomic mass is 9.69. The van der Waals surface area contributed by atoms with Crippen LogP contribution in [0.15, 0.2) is 47.7 Å². The first-order chi connectivity index (χ1) is 15.7. The van der Waals surface area contributed by atoms with Gasteiger partial charge in [0.25, 0.3) is 0 Å². The fourth-order valence-electron chi connectivity index (χ4n) is 4.92. The largest absolute Gasteiger partial charge is 0.496 e. The zero-order chi connectivity index (χ0) is 23.9. The molecule has 2 aliphatic rings. The highest BCUT2D eigenvalue weighted by atomic mass is 35.5. The van der Waals surface area contributed by atoms with Crippen molar-refractivity contribution in [3.8, 4) is 17.2 Å². The zero-order valence-electron chi connectivity index (χ0n) is 19.5. The molecule has 1 aliphatic carbocycles. The van der Waals surface area contributed by atoms with E-state index in [0.29, 0.717) is 52.1 Å². The number of para-hydroxylation sites is 1. The summed E-state index contributed by atoms with van der Waals surface area (Å²) in [6.45, 7) is 4.09. The fourth-order valence-corrected chi connectivity index (χ4v) is 5.14. The van der Waals surface area contributed by atoms with Crippen LogP contribution in [0.1, 0.15) is 44.6 Å². The molecule has 1 atom stereocenters. The first-order valence-electron chi connectivity index (χ1n) is 10.8. The summed E-state index contributed by atoms with van der Waals surface area (Å²) in [6, 6.07) is 10.8. The highest BCUT2D eigenvalue weighted by molar-refractivity contribution is 6.34. The standard InChI is InChI=1S/C26H28ClNO5/c1-26(2)13-19-25(20(29)14-26)16(11-24(30)28(19)18-9-7-6-8-17(18)27)15-10-22(32-4)23(33-5)12-21(15)31-3/h6-10,12,16H,11,13-14H2,1-5H3. The lowest BCUT2D eigenvalue weighted by Gasteiger charge is -2.43. The molecular weight excluding hydrogens is 442 g/mol. The molecule has 1 heterocycles. The number of amides is 1. The van der Waals surface area contributed by atoms with Crippen molar-refractivity contribution in [3.63, 3.8) is 0 Å². The minimum absolute atomic E-state index is 0.0349. The minimum atomic E-state index is -0.454. The Morgan fingerprint density at radius 3 is 2.21 bits per heavy atom. The molecule has 0 radical (unpaired) electrons. The quantitative estimate of drug-likeness (QED) is 0.576. The van der Waals surface area contributed by atoms with Crippen molar-refractivity contribution in [1.29, 1.82) is 0 Å². The SMILES string of the molecule is COc1cc(OC)c(C2CC(=O)N(c3ccccc3Cl)C3=C2C(=O)CC(C)(C)C3)cc1OC. The van der Waals surface area contributed by atoms with Crippen LogP contribution in [0, 0.1) is 5.41 Å². The van der Waals surface area contributed by atoms with E-state index < -0.39 is 5.92 Å². The Morgan fingerprint density at radius 1 is 0.939 bits per heavy atom. The number of rotatable bonds is 5. The monoisotopic (exact) mass is 469 g/mol. The number of anilines is 1. The van der Waals surface area contributed by atoms with Crippen LogP contribution in [-0.2, 0) is 9.59 Å². The lowest BCUT2D eigenvalue weighted by Crippen LogP contribution is -2.43. The summed E-state index contributed by atoms with van der Waals surface area (Å²) in [4.78, 5) is 28.8. The molecule has 0 bridgehead atoms. The molecule has 7 heteroatoms. The number of ketones is 1. The molecule has 174 valence electrons. The zero-order valence-corrected chi connectivity index (χ0v) is 20.3. The third-order valence-electron chi connectivity index (χ3n) is 6.35. The van der Waals surface area contributed by atoms with Crippen molar-refractivity contribution in [2.24, 2.45) is 5.41 Å². The van der Waals surface area contributed by atoms with Gasteiger partial charge in [0, 0.05) is 41.7 Å². The van der Waals surface area contributed by atoms with E-state index >= 15 is 0 Å². The van der Waals surface area contributed by atoms with Crippen LogP contribution in [0.3, 0.4) is 0 Å². The Balaban J connectivity index is 1.96. The van der Waals surface area contributed by atoms with Gasteiger partial charge < -0.3 is 14.2 Å². The summed E-state index contributed by atoms with van der Waals surface area (Å²) in [5.41, 5.74) is 2.39. The number of hydrogen-bond acceptors (Lipinski definition) is 5. The van der Waals surface area contributed by atoms with Crippen LogP contribution in [0.5, 0.6) is 17.2 Å². The third-order valence-corrected chi connectivity index (χ3v) is 6.67. The van der Waals surface area contributed by atoms with E-state index in [9.17, 15) is 9.59 Å². The molecule has 0 saturated heterocycles. The van der Waals surface area contributed by atoms with Gasteiger partial charge in [0.2, 0.25) is 5.91 Å². The first kappa shape index (κ1) is 23.2. The van der Waals surface area contributed by atoms with Gasteiger partial charge in [0.05, 0.1) is 32.0 Å². The summed E-state index contributed by atoms with van der Waals surface area (Å²) in [5, 5.41) is 0.468. The lowest BCUT2D eigenvalue weighted by molar-refractivity contribution is -0.121. The Bertz CT molecular complexity index is 1150. The topological polar surface area (TPSA) is 65.1 Å². The van der Waals surface area contributed by atoms with Gasteiger partial charge in [-0.25, -0.2) is 0 Å². The second-order valence-electron chi connectivity index (χ2n) is 9.19. The van der Waals surface area contributed by atoms with Gasteiger partial charge in [0.1, 0.15) is 5.75 Å². The number of benzene rings is 2. The maximum absolute atomic E-state index is 13.6. The Morgan fingerprint density at radius 2 is 1.58 bits per heavy atom. The molecule has 2 aromatic carbocycles. The van der Waals surface area contributed by atoms with Gasteiger partial charge in [-0.2, -0.15) is 0 Å². The number of carbonyl (C=O) groups excluding carboxylic acids is 2. The molecule has 1 unspecified atom stereocenters. The van der Waals surface area contributed by atoms with Crippen LogP contribution < -0.4 is 19.1 Å². The Kier molecular flexibility index (Phi) is 6.14. The average Bonchev–Trinajstić information content (AvgIpc) is 2.77. The van der Waals surface area contributed by atoms with Crippen molar-refractivity contribution in [1.82, 2.24) is 0 Å². The van der Waals surface area contributed by atoms with E-state index in [2.05, 4.69) is 0 Å². The average molecular weight is 470 g/mol. The smallest absolute Gasteiger partial charge is 0.232 e. The number of hydrogen-bond donors (Lipinski definition) is 0. The highest BCUT2D eigenvalue weighted by Gasteiger charge is 2.45. The van der Waals surface area contributed by atoms with Gasteiger partial charge in [-0.05, 0) is 30.0 Å². The molecule has 4 rings (SSSR count). The van der Waals surface area contributed by atoms with E-state index in [0.717, 1.165) is 5.56 Å². The van der Waals surface area contributed by atoms with Crippen LogP contribution in [0.25, 0.3) is 0 Å². The van der Waals surface area contributed by atoms with E-state index in [-0.39, 0.29) is 23.5 Å². The second kappa shape index (κ2) is 8.75. The van der Waals surface area contributed by atoms with Gasteiger partial charge in [-0.3, -0.25) is 14.5 Å². The van der Waals surface area contributed by atoms with Crippen LogP contribution in [-0.4, -0.2) is 33.0 Å². The third kappa shape index (κ3) is 4.08. The fraction of sp³-hybridized carbons (Fsp3) is 0.385. The number of Topliss-reactive ketones (excluding diaryl/α,β-unsaturated/α-hetero) is 1. The predicted octanol–water partition coefficient (Wildman–Crippen LogP) is 5.53. The molecule has 1 amide bonds. The second-order valence-corrected chi connectivity index (χ2v) is 9.59. The van der Waals surface area contributed by atoms with Gasteiger partial charge >= 0.3 is 0 Å². The van der Waals surface area contributed by atoms with E-state index in [1.54, 1.807) is 44.4 Å². The molecule has 2 aromatic rings. The molecule has 0 spiro atoms.